The fourth-order valence-corrected chi connectivity index (χ4v) is 1.02. The number of nitrogens with one attached hydrogen (secondary N) is 1. The van der Waals surface area contributed by atoms with Crippen molar-refractivity contribution in [3.8, 4) is 0 Å². The van der Waals surface area contributed by atoms with Crippen LogP contribution in [0.5, 0.6) is 0 Å². The fourth-order valence-electron chi connectivity index (χ4n) is 1.02. The zero-order valence-corrected chi connectivity index (χ0v) is 8.19. The maximum absolute atomic E-state index is 13.0. The van der Waals surface area contributed by atoms with Crippen LogP contribution in [0.3, 0.4) is 0 Å². The third-order valence-corrected chi connectivity index (χ3v) is 1.59. The van der Waals surface area contributed by atoms with Gasteiger partial charge in [0.1, 0.15) is 5.69 Å². The second-order valence-corrected chi connectivity index (χ2v) is 3.35. The molecule has 0 unspecified atom stereocenters. The van der Waals surface area contributed by atoms with E-state index in [1.54, 1.807) is 13.8 Å². The van der Waals surface area contributed by atoms with E-state index in [1.165, 1.54) is 0 Å². The molecule has 0 saturated carbocycles. The summed E-state index contributed by atoms with van der Waals surface area (Å²) in [6, 6.07) is 0.512. The number of pyridine rings is 1. The number of aromatic nitrogens is 1. The number of hydrogen-bond donors (Lipinski definition) is 1. The molecule has 0 atom stereocenters. The van der Waals surface area contributed by atoms with Gasteiger partial charge in [-0.25, -0.2) is 9.37 Å². The van der Waals surface area contributed by atoms with Crippen molar-refractivity contribution in [3.63, 3.8) is 0 Å². The molecule has 0 aliphatic rings. The monoisotopic (exact) mass is 222 g/mol. The topological polar surface area (TPSA) is 24.9 Å². The highest BCUT2D eigenvalue weighted by Crippen LogP contribution is 2.29. The molecular formula is C9H10F4N2. The van der Waals surface area contributed by atoms with E-state index in [2.05, 4.69) is 10.3 Å². The first-order chi connectivity index (χ1) is 6.80. The van der Waals surface area contributed by atoms with Gasteiger partial charge in [-0.05, 0) is 19.9 Å². The molecule has 1 aromatic rings. The molecule has 0 amide bonds. The number of nitrogens with zero attached hydrogens (tertiary/aromatic N) is 1. The Labute approximate surface area is 84.3 Å². The van der Waals surface area contributed by atoms with Crippen LogP contribution in [0, 0.1) is 5.82 Å². The quantitative estimate of drug-likeness (QED) is 0.778. The van der Waals surface area contributed by atoms with Gasteiger partial charge < -0.3 is 5.32 Å². The summed E-state index contributed by atoms with van der Waals surface area (Å²) in [6.45, 7) is 3.40. The van der Waals surface area contributed by atoms with E-state index in [0.29, 0.717) is 12.3 Å². The van der Waals surface area contributed by atoms with Crippen LogP contribution in [0.25, 0.3) is 0 Å². The Morgan fingerprint density at radius 2 is 1.93 bits per heavy atom. The second-order valence-electron chi connectivity index (χ2n) is 3.35. The van der Waals surface area contributed by atoms with Crippen molar-refractivity contribution >= 4 is 5.69 Å². The summed E-state index contributed by atoms with van der Waals surface area (Å²) < 4.78 is 49.7. The van der Waals surface area contributed by atoms with Crippen molar-refractivity contribution in [2.45, 2.75) is 26.1 Å². The zero-order valence-electron chi connectivity index (χ0n) is 8.19. The van der Waals surface area contributed by atoms with Gasteiger partial charge in [0.2, 0.25) is 0 Å². The number of rotatable bonds is 2. The lowest BCUT2D eigenvalue weighted by Crippen LogP contribution is -2.14. The zero-order chi connectivity index (χ0) is 11.6. The summed E-state index contributed by atoms with van der Waals surface area (Å²) in [5.74, 6) is -0.795. The van der Waals surface area contributed by atoms with Crippen molar-refractivity contribution < 1.29 is 17.6 Å². The Morgan fingerprint density at radius 3 is 2.40 bits per heavy atom. The minimum Gasteiger partial charge on any atom is -0.380 e. The largest absolute Gasteiger partial charge is 0.433 e. The van der Waals surface area contributed by atoms with Crippen molar-refractivity contribution in [1.82, 2.24) is 4.98 Å². The molecule has 0 aliphatic carbocycles. The number of anilines is 1. The molecule has 1 aromatic heterocycles. The van der Waals surface area contributed by atoms with Crippen molar-refractivity contribution in [3.05, 3.63) is 23.8 Å². The van der Waals surface area contributed by atoms with Crippen LogP contribution in [-0.2, 0) is 6.18 Å². The lowest BCUT2D eigenvalue weighted by molar-refractivity contribution is -0.141. The lowest BCUT2D eigenvalue weighted by atomic mass is 10.2. The number of halogens is 4. The summed E-state index contributed by atoms with van der Waals surface area (Å²) in [7, 11) is 0. The van der Waals surface area contributed by atoms with Gasteiger partial charge in [0, 0.05) is 6.04 Å². The molecule has 0 radical (unpaired) electrons. The van der Waals surface area contributed by atoms with Crippen LogP contribution in [0.2, 0.25) is 0 Å². The van der Waals surface area contributed by atoms with Crippen molar-refractivity contribution in [2.24, 2.45) is 0 Å². The predicted molar refractivity (Wildman–Crippen MR) is 48.0 cm³/mol. The molecule has 0 saturated heterocycles. The second kappa shape index (κ2) is 4.04. The predicted octanol–water partition coefficient (Wildman–Crippen LogP) is 3.06. The van der Waals surface area contributed by atoms with Crippen LogP contribution in [0.4, 0.5) is 23.2 Å². The number of hydrogen-bond acceptors (Lipinski definition) is 2. The summed E-state index contributed by atoms with van der Waals surface area (Å²) >= 11 is 0. The fraction of sp³-hybridized carbons (Fsp3) is 0.444. The number of alkyl halides is 3. The smallest absolute Gasteiger partial charge is 0.380 e. The molecule has 2 nitrogen and oxygen atoms in total. The lowest BCUT2D eigenvalue weighted by Gasteiger charge is -2.12. The average molecular weight is 222 g/mol. The van der Waals surface area contributed by atoms with Crippen LogP contribution < -0.4 is 5.32 Å². The minimum atomic E-state index is -4.55. The highest BCUT2D eigenvalue weighted by molar-refractivity contribution is 5.45. The Balaban J connectivity index is 3.06. The van der Waals surface area contributed by atoms with Gasteiger partial charge in [-0.3, -0.25) is 0 Å². The molecule has 0 spiro atoms. The van der Waals surface area contributed by atoms with Crippen molar-refractivity contribution in [2.75, 3.05) is 5.32 Å². The maximum Gasteiger partial charge on any atom is 0.433 e. The molecule has 1 N–H and O–H groups in total. The Hall–Kier alpha value is -1.33. The highest BCUT2D eigenvalue weighted by atomic mass is 19.4. The Bertz CT molecular complexity index is 346. The molecule has 15 heavy (non-hydrogen) atoms. The Morgan fingerprint density at radius 1 is 1.33 bits per heavy atom. The summed E-state index contributed by atoms with van der Waals surface area (Å²) in [4.78, 5) is 2.98. The first kappa shape index (κ1) is 11.7. The van der Waals surface area contributed by atoms with Crippen LogP contribution in [-0.4, -0.2) is 11.0 Å². The van der Waals surface area contributed by atoms with E-state index >= 15 is 0 Å². The van der Waals surface area contributed by atoms with Crippen LogP contribution in [0.1, 0.15) is 19.5 Å². The third kappa shape index (κ3) is 3.07. The summed E-state index contributed by atoms with van der Waals surface area (Å²) in [6.07, 6.45) is -3.99. The van der Waals surface area contributed by atoms with E-state index in [9.17, 15) is 17.6 Å². The molecule has 6 heteroatoms. The molecule has 1 heterocycles. The van der Waals surface area contributed by atoms with E-state index < -0.39 is 17.7 Å². The summed E-state index contributed by atoms with van der Waals surface area (Å²) in [5.41, 5.74) is -1.29. The normalized spacial score (nSPS) is 11.9. The Kier molecular flexibility index (Phi) is 3.16. The molecule has 0 bridgehead atoms. The van der Waals surface area contributed by atoms with Gasteiger partial charge in [-0.15, -0.1) is 0 Å². The third-order valence-electron chi connectivity index (χ3n) is 1.59. The average Bonchev–Trinajstić information content (AvgIpc) is 2.06. The molecular weight excluding hydrogens is 212 g/mol. The van der Waals surface area contributed by atoms with Gasteiger partial charge in [-0.1, -0.05) is 0 Å². The van der Waals surface area contributed by atoms with Gasteiger partial charge in [0.25, 0.3) is 0 Å². The maximum atomic E-state index is 13.0. The van der Waals surface area contributed by atoms with Crippen molar-refractivity contribution in [1.29, 1.82) is 0 Å². The molecule has 0 fully saturated rings. The first-order valence-electron chi connectivity index (χ1n) is 4.30. The van der Waals surface area contributed by atoms with Crippen LogP contribution in [0.15, 0.2) is 12.3 Å². The van der Waals surface area contributed by atoms with Gasteiger partial charge >= 0.3 is 6.18 Å². The molecule has 0 aliphatic heterocycles. The van der Waals surface area contributed by atoms with E-state index in [4.69, 9.17) is 0 Å². The van der Waals surface area contributed by atoms with Gasteiger partial charge in [-0.2, -0.15) is 13.2 Å². The van der Waals surface area contributed by atoms with E-state index in [0.717, 1.165) is 0 Å². The summed E-state index contributed by atoms with van der Waals surface area (Å²) in [5, 5.41) is 2.57. The standard InChI is InChI=1S/C9H10F4N2/c1-5(2)15-7-3-8(9(11,12)13)14-4-6(7)10/h3-5H,1-2H3,(H,14,15). The van der Waals surface area contributed by atoms with E-state index in [1.807, 2.05) is 0 Å². The highest BCUT2D eigenvalue weighted by Gasteiger charge is 2.33. The van der Waals surface area contributed by atoms with E-state index in [-0.39, 0.29) is 11.7 Å². The molecule has 1 rings (SSSR count). The molecule has 0 aromatic carbocycles. The van der Waals surface area contributed by atoms with Crippen LogP contribution >= 0.6 is 0 Å². The minimum absolute atomic E-state index is 0.150. The van der Waals surface area contributed by atoms with Gasteiger partial charge in [0.15, 0.2) is 5.82 Å². The molecule has 84 valence electrons. The SMILES string of the molecule is CC(C)Nc1cc(C(F)(F)F)ncc1F. The van der Waals surface area contributed by atoms with Gasteiger partial charge in [0.05, 0.1) is 11.9 Å². The first-order valence-corrected chi connectivity index (χ1v) is 4.30.